The highest BCUT2D eigenvalue weighted by Gasteiger charge is 2.41. The molecule has 0 saturated heterocycles. The van der Waals surface area contributed by atoms with Crippen LogP contribution in [0.4, 0.5) is 27.6 Å². The van der Waals surface area contributed by atoms with Crippen LogP contribution in [0.5, 0.6) is 0 Å². The van der Waals surface area contributed by atoms with E-state index in [1.807, 2.05) is 13.8 Å². The van der Waals surface area contributed by atoms with Crippen molar-refractivity contribution in [3.63, 3.8) is 0 Å². The molecule has 3 aromatic rings. The molecule has 1 unspecified atom stereocenters. The van der Waals surface area contributed by atoms with Crippen molar-refractivity contribution in [3.05, 3.63) is 36.2 Å². The second-order valence-corrected chi connectivity index (χ2v) is 11.5. The van der Waals surface area contributed by atoms with Crippen molar-refractivity contribution >= 4 is 17.5 Å². The van der Waals surface area contributed by atoms with Gasteiger partial charge in [0.2, 0.25) is 11.8 Å². The molecule has 17 heteroatoms. The van der Waals surface area contributed by atoms with Gasteiger partial charge in [-0.3, -0.25) is 19.0 Å². The lowest BCUT2D eigenvalue weighted by atomic mass is 9.79. The topological polar surface area (TPSA) is 137 Å². The molecule has 2 atom stereocenters. The summed E-state index contributed by atoms with van der Waals surface area (Å²) in [4.78, 5) is 26.8. The molecule has 3 heterocycles. The molecule has 2 N–H and O–H groups in total. The summed E-state index contributed by atoms with van der Waals surface area (Å²) in [5.41, 5.74) is 0.443. The highest BCUT2D eigenvalue weighted by molar-refractivity contribution is 6.00. The predicted octanol–water partition coefficient (Wildman–Crippen LogP) is 4.16. The summed E-state index contributed by atoms with van der Waals surface area (Å²) in [5.74, 6) is -4.65. The first-order valence-electron chi connectivity index (χ1n) is 14.2. The van der Waals surface area contributed by atoms with Crippen LogP contribution >= 0.6 is 0 Å². The Morgan fingerprint density at radius 1 is 1.09 bits per heavy atom. The third-order valence-corrected chi connectivity index (χ3v) is 8.10. The summed E-state index contributed by atoms with van der Waals surface area (Å²) >= 11 is 0. The maximum atomic E-state index is 13.9. The highest BCUT2D eigenvalue weighted by Crippen LogP contribution is 2.40. The van der Waals surface area contributed by atoms with Crippen LogP contribution in [0.2, 0.25) is 0 Å². The zero-order valence-electron chi connectivity index (χ0n) is 23.6. The first kappa shape index (κ1) is 30.5. The fourth-order valence-electron chi connectivity index (χ4n) is 5.70. The maximum absolute atomic E-state index is 13.9. The second-order valence-electron chi connectivity index (χ2n) is 11.5. The summed E-state index contributed by atoms with van der Waals surface area (Å²) in [6.45, 7) is 2.32. The minimum Gasteiger partial charge on any atom is -0.339 e. The van der Waals surface area contributed by atoms with Gasteiger partial charge < -0.3 is 10.6 Å². The number of carbonyl (C=O) groups is 2. The van der Waals surface area contributed by atoms with E-state index in [-0.39, 0.29) is 42.0 Å². The standard InChI is InChI=1S/C26H33F5N10O2/c1-15(2)41-19(8-11-32-41)23(42)35-20(16-6-9-25(27,28)10-7-16)24(43)34-18-12-33-39(13-18)21(17-4-3-5-17)22-36-37-38-40(22)14-26(29,30)31/h8,11-13,15-17,20-21H,3-7,9-10,14H2,1-2H3,(H,34,43)(H,35,42)/t20-,21?/m0/s1. The minimum absolute atomic E-state index is 0.00182. The predicted molar refractivity (Wildman–Crippen MR) is 141 cm³/mol. The molecule has 0 aromatic carbocycles. The van der Waals surface area contributed by atoms with E-state index in [2.05, 4.69) is 36.4 Å². The molecule has 2 aliphatic carbocycles. The number of rotatable bonds is 10. The molecule has 2 amide bonds. The number of aromatic nitrogens is 8. The van der Waals surface area contributed by atoms with Crippen LogP contribution in [0.1, 0.15) is 87.2 Å². The zero-order valence-corrected chi connectivity index (χ0v) is 23.6. The number of amides is 2. The molecule has 2 saturated carbocycles. The van der Waals surface area contributed by atoms with Crippen LogP contribution in [-0.4, -0.2) is 69.7 Å². The lowest BCUT2D eigenvalue weighted by Crippen LogP contribution is -2.50. The fourth-order valence-corrected chi connectivity index (χ4v) is 5.70. The third kappa shape index (κ3) is 7.01. The van der Waals surface area contributed by atoms with Gasteiger partial charge in [-0.1, -0.05) is 6.42 Å². The largest absolute Gasteiger partial charge is 0.408 e. The normalized spacial score (nSPS) is 19.2. The van der Waals surface area contributed by atoms with Crippen molar-refractivity contribution in [1.82, 2.24) is 45.1 Å². The Bertz CT molecular complexity index is 1420. The Morgan fingerprint density at radius 2 is 1.81 bits per heavy atom. The van der Waals surface area contributed by atoms with Crippen LogP contribution in [0.3, 0.4) is 0 Å². The van der Waals surface area contributed by atoms with Gasteiger partial charge in [-0.05, 0) is 67.9 Å². The lowest BCUT2D eigenvalue weighted by Gasteiger charge is -2.33. The van der Waals surface area contributed by atoms with Crippen LogP contribution in [0.25, 0.3) is 0 Å². The third-order valence-electron chi connectivity index (χ3n) is 8.10. The number of anilines is 1. The Labute approximate surface area is 243 Å². The van der Waals surface area contributed by atoms with Crippen molar-refractivity contribution in [2.24, 2.45) is 11.8 Å². The Kier molecular flexibility index (Phi) is 8.51. The van der Waals surface area contributed by atoms with Crippen molar-refractivity contribution < 1.29 is 31.5 Å². The Morgan fingerprint density at radius 3 is 2.44 bits per heavy atom. The van der Waals surface area contributed by atoms with Gasteiger partial charge in [0.1, 0.15) is 24.3 Å². The average molecular weight is 613 g/mol. The smallest absolute Gasteiger partial charge is 0.339 e. The summed E-state index contributed by atoms with van der Waals surface area (Å²) in [7, 11) is 0. The fraction of sp³-hybridized carbons (Fsp3) is 0.654. The van der Waals surface area contributed by atoms with Crippen LogP contribution in [-0.2, 0) is 11.3 Å². The summed E-state index contributed by atoms with van der Waals surface area (Å²) < 4.78 is 71.0. The average Bonchev–Trinajstić information content (AvgIpc) is 3.65. The van der Waals surface area contributed by atoms with Gasteiger partial charge in [0.25, 0.3) is 5.91 Å². The van der Waals surface area contributed by atoms with Crippen LogP contribution in [0.15, 0.2) is 24.7 Å². The number of carbonyl (C=O) groups excluding carboxylic acids is 2. The van der Waals surface area contributed by atoms with Gasteiger partial charge >= 0.3 is 6.18 Å². The number of halogens is 5. The molecular formula is C26H33F5N10O2. The van der Waals surface area contributed by atoms with E-state index in [4.69, 9.17) is 0 Å². The summed E-state index contributed by atoms with van der Waals surface area (Å²) in [6.07, 6.45) is 1.33. The Balaban J connectivity index is 1.36. The van der Waals surface area contributed by atoms with Gasteiger partial charge in [-0.25, -0.2) is 13.5 Å². The van der Waals surface area contributed by atoms with E-state index in [1.165, 1.54) is 34.0 Å². The van der Waals surface area contributed by atoms with Crippen LogP contribution in [0, 0.1) is 11.8 Å². The number of nitrogens with one attached hydrogen (secondary N) is 2. The van der Waals surface area contributed by atoms with E-state index in [0.717, 1.165) is 19.3 Å². The van der Waals surface area contributed by atoms with Gasteiger partial charge in [0.15, 0.2) is 5.82 Å². The van der Waals surface area contributed by atoms with E-state index >= 15 is 0 Å². The molecule has 0 radical (unpaired) electrons. The maximum Gasteiger partial charge on any atom is 0.408 e. The molecule has 43 heavy (non-hydrogen) atoms. The molecule has 5 rings (SSSR count). The number of alkyl halides is 5. The van der Waals surface area contributed by atoms with Crippen molar-refractivity contribution in [3.8, 4) is 0 Å². The molecule has 0 aliphatic heterocycles. The van der Waals surface area contributed by atoms with Crippen LogP contribution < -0.4 is 10.6 Å². The zero-order chi connectivity index (χ0) is 30.9. The lowest BCUT2D eigenvalue weighted by molar-refractivity contribution is -0.143. The van der Waals surface area contributed by atoms with Gasteiger partial charge in [-0.15, -0.1) is 5.10 Å². The molecule has 3 aromatic heterocycles. The van der Waals surface area contributed by atoms with E-state index in [1.54, 1.807) is 0 Å². The first-order valence-corrected chi connectivity index (χ1v) is 14.2. The Hall–Kier alpha value is -3.92. The highest BCUT2D eigenvalue weighted by atomic mass is 19.4. The van der Waals surface area contributed by atoms with Gasteiger partial charge in [-0.2, -0.15) is 23.4 Å². The van der Waals surface area contributed by atoms with E-state index in [9.17, 15) is 31.5 Å². The SMILES string of the molecule is CC(C)n1nccc1C(=O)N[C@H](C(=O)Nc1cnn(C(c2nnnn2CC(F)(F)F)C2CCC2)c1)C1CCC(F)(F)CC1. The minimum atomic E-state index is -4.53. The molecule has 12 nitrogen and oxygen atoms in total. The number of hydrogen-bond donors (Lipinski definition) is 2. The number of nitrogens with zero attached hydrogens (tertiary/aromatic N) is 8. The monoisotopic (exact) mass is 612 g/mol. The van der Waals surface area contributed by atoms with Crippen molar-refractivity contribution in [1.29, 1.82) is 0 Å². The van der Waals surface area contributed by atoms with E-state index < -0.39 is 61.3 Å². The quantitative estimate of drug-likeness (QED) is 0.328. The molecule has 234 valence electrons. The molecule has 2 fully saturated rings. The van der Waals surface area contributed by atoms with Crippen molar-refractivity contribution in [2.75, 3.05) is 5.32 Å². The molecule has 0 bridgehead atoms. The van der Waals surface area contributed by atoms with E-state index in [0.29, 0.717) is 4.68 Å². The first-order chi connectivity index (χ1) is 20.3. The molecule has 0 spiro atoms. The summed E-state index contributed by atoms with van der Waals surface area (Å²) in [5, 5.41) is 24.7. The number of hydrogen-bond acceptors (Lipinski definition) is 7. The molecular weight excluding hydrogens is 579 g/mol. The van der Waals surface area contributed by atoms with Gasteiger partial charge in [0, 0.05) is 31.3 Å². The van der Waals surface area contributed by atoms with Crippen molar-refractivity contribution in [2.45, 2.75) is 95.6 Å². The number of tetrazole rings is 1. The molecule has 2 aliphatic rings. The summed E-state index contributed by atoms with van der Waals surface area (Å²) in [6, 6.07) is -0.466. The van der Waals surface area contributed by atoms with Gasteiger partial charge in [0.05, 0.1) is 11.9 Å². The second kappa shape index (κ2) is 12.0.